The molecule has 0 unspecified atom stereocenters. The van der Waals surface area contributed by atoms with Gasteiger partial charge < -0.3 is 10.1 Å². The van der Waals surface area contributed by atoms with Crippen molar-refractivity contribution < 1.29 is 9.53 Å². The summed E-state index contributed by atoms with van der Waals surface area (Å²) in [5.74, 6) is 0.282. The molecule has 0 atom stereocenters. The van der Waals surface area contributed by atoms with E-state index in [1.54, 1.807) is 24.3 Å². The molecule has 2 aromatic carbocycles. The molecule has 0 spiro atoms. The molecule has 98 valence electrons. The molecule has 0 fully saturated rings. The summed E-state index contributed by atoms with van der Waals surface area (Å²) in [6.07, 6.45) is 0. The lowest BCUT2D eigenvalue weighted by atomic mass is 10.1. The van der Waals surface area contributed by atoms with Crippen molar-refractivity contribution in [3.63, 3.8) is 0 Å². The van der Waals surface area contributed by atoms with Crippen molar-refractivity contribution >= 4 is 23.2 Å². The van der Waals surface area contributed by atoms with Gasteiger partial charge in [-0.15, -0.1) is 0 Å². The van der Waals surface area contributed by atoms with Crippen LogP contribution in [-0.2, 0) is 0 Å². The lowest BCUT2D eigenvalue weighted by Crippen LogP contribution is -2.14. The van der Waals surface area contributed by atoms with Crippen LogP contribution in [0.4, 0.5) is 5.69 Å². The van der Waals surface area contributed by atoms with Gasteiger partial charge in [-0.1, -0.05) is 35.9 Å². The Morgan fingerprint density at radius 3 is 2.58 bits per heavy atom. The van der Waals surface area contributed by atoms with Crippen LogP contribution in [-0.4, -0.2) is 13.0 Å². The number of nitrogens with one attached hydrogen (secondary N) is 1. The smallest absolute Gasteiger partial charge is 0.256 e. The molecule has 2 rings (SSSR count). The van der Waals surface area contributed by atoms with Gasteiger partial charge in [-0.3, -0.25) is 4.79 Å². The summed E-state index contributed by atoms with van der Waals surface area (Å²) in [6, 6.07) is 12.6. The second-order valence-electron chi connectivity index (χ2n) is 4.09. The average Bonchev–Trinajstić information content (AvgIpc) is 2.39. The first-order valence-corrected chi connectivity index (χ1v) is 6.20. The van der Waals surface area contributed by atoms with Gasteiger partial charge in [0.25, 0.3) is 5.91 Å². The highest BCUT2D eigenvalue weighted by molar-refractivity contribution is 6.32. The van der Waals surface area contributed by atoms with E-state index in [1.165, 1.54) is 7.11 Å². The maximum Gasteiger partial charge on any atom is 0.256 e. The highest BCUT2D eigenvalue weighted by atomic mass is 35.5. The number of rotatable bonds is 3. The van der Waals surface area contributed by atoms with E-state index in [9.17, 15) is 4.79 Å². The molecule has 2 aromatic rings. The Morgan fingerprint density at radius 2 is 1.89 bits per heavy atom. The standard InChI is InChI=1S/C15H14ClNO2/c1-10-6-3-4-7-11(10)15(18)17-13-9-5-8-12(16)14(13)19-2/h3-9H,1-2H3,(H,17,18). The van der Waals surface area contributed by atoms with E-state index in [2.05, 4.69) is 5.32 Å². The second-order valence-corrected chi connectivity index (χ2v) is 4.50. The van der Waals surface area contributed by atoms with Crippen LogP contribution in [0.25, 0.3) is 0 Å². The number of benzene rings is 2. The summed E-state index contributed by atoms with van der Waals surface area (Å²) >= 11 is 6.01. The van der Waals surface area contributed by atoms with Crippen LogP contribution in [0.15, 0.2) is 42.5 Å². The molecule has 0 saturated heterocycles. The molecule has 19 heavy (non-hydrogen) atoms. The van der Waals surface area contributed by atoms with Crippen LogP contribution in [0.2, 0.25) is 5.02 Å². The molecule has 0 saturated carbocycles. The summed E-state index contributed by atoms with van der Waals surface area (Å²) in [4.78, 5) is 12.2. The topological polar surface area (TPSA) is 38.3 Å². The largest absolute Gasteiger partial charge is 0.493 e. The van der Waals surface area contributed by atoms with E-state index in [-0.39, 0.29) is 5.91 Å². The molecule has 3 nitrogen and oxygen atoms in total. The molecule has 0 heterocycles. The van der Waals surface area contributed by atoms with E-state index < -0.39 is 0 Å². The minimum absolute atomic E-state index is 0.182. The monoisotopic (exact) mass is 275 g/mol. The molecule has 1 amide bonds. The molecule has 0 aromatic heterocycles. The fourth-order valence-corrected chi connectivity index (χ4v) is 2.08. The average molecular weight is 276 g/mol. The quantitative estimate of drug-likeness (QED) is 0.922. The summed E-state index contributed by atoms with van der Waals surface area (Å²) < 4.78 is 5.20. The summed E-state index contributed by atoms with van der Waals surface area (Å²) in [7, 11) is 1.52. The maximum absolute atomic E-state index is 12.2. The van der Waals surface area contributed by atoms with Gasteiger partial charge in [0.2, 0.25) is 0 Å². The number of hydrogen-bond donors (Lipinski definition) is 1. The van der Waals surface area contributed by atoms with Crippen LogP contribution in [0, 0.1) is 6.92 Å². The van der Waals surface area contributed by atoms with E-state index >= 15 is 0 Å². The Bertz CT molecular complexity index is 611. The summed E-state index contributed by atoms with van der Waals surface area (Å²) in [6.45, 7) is 1.89. The number of aryl methyl sites for hydroxylation is 1. The molecule has 1 N–H and O–H groups in total. The van der Waals surface area contributed by atoms with Crippen molar-refractivity contribution in [2.45, 2.75) is 6.92 Å². The number of ether oxygens (including phenoxy) is 1. The van der Waals surface area contributed by atoms with Crippen LogP contribution in [0.1, 0.15) is 15.9 Å². The number of hydrogen-bond acceptors (Lipinski definition) is 2. The van der Waals surface area contributed by atoms with Crippen LogP contribution >= 0.6 is 11.6 Å². The third kappa shape index (κ3) is 2.88. The van der Waals surface area contributed by atoms with Crippen molar-refractivity contribution in [3.05, 3.63) is 58.6 Å². The fraction of sp³-hybridized carbons (Fsp3) is 0.133. The van der Waals surface area contributed by atoms with E-state index in [0.717, 1.165) is 5.56 Å². The number of halogens is 1. The maximum atomic E-state index is 12.2. The highest BCUT2D eigenvalue weighted by Gasteiger charge is 2.13. The molecule has 0 bridgehead atoms. The van der Waals surface area contributed by atoms with Gasteiger partial charge in [0.15, 0.2) is 5.75 Å². The lowest BCUT2D eigenvalue weighted by molar-refractivity contribution is 0.102. The zero-order valence-corrected chi connectivity index (χ0v) is 11.5. The van der Waals surface area contributed by atoms with E-state index in [1.807, 2.05) is 25.1 Å². The minimum Gasteiger partial charge on any atom is -0.493 e. The number of para-hydroxylation sites is 1. The van der Waals surface area contributed by atoms with Gasteiger partial charge in [-0.05, 0) is 30.7 Å². The SMILES string of the molecule is COc1c(Cl)cccc1NC(=O)c1ccccc1C. The number of amides is 1. The first-order chi connectivity index (χ1) is 9.13. The van der Waals surface area contributed by atoms with Gasteiger partial charge in [-0.25, -0.2) is 0 Å². The van der Waals surface area contributed by atoms with Gasteiger partial charge >= 0.3 is 0 Å². The first-order valence-electron chi connectivity index (χ1n) is 5.83. The normalized spacial score (nSPS) is 10.1. The van der Waals surface area contributed by atoms with E-state index in [0.29, 0.717) is 22.0 Å². The van der Waals surface area contributed by atoms with Crippen molar-refractivity contribution in [3.8, 4) is 5.75 Å². The van der Waals surface area contributed by atoms with Crippen molar-refractivity contribution in [1.82, 2.24) is 0 Å². The predicted octanol–water partition coefficient (Wildman–Crippen LogP) is 3.91. The number of carbonyl (C=O) groups excluding carboxylic acids is 1. The van der Waals surface area contributed by atoms with Gasteiger partial charge in [0.05, 0.1) is 17.8 Å². The molecular weight excluding hydrogens is 262 g/mol. The Labute approximate surface area is 117 Å². The summed E-state index contributed by atoms with van der Waals surface area (Å²) in [5, 5.41) is 3.27. The Balaban J connectivity index is 2.30. The Kier molecular flexibility index (Phi) is 4.07. The molecular formula is C15H14ClNO2. The van der Waals surface area contributed by atoms with Crippen molar-refractivity contribution in [1.29, 1.82) is 0 Å². The van der Waals surface area contributed by atoms with Crippen molar-refractivity contribution in [2.24, 2.45) is 0 Å². The number of methoxy groups -OCH3 is 1. The molecule has 0 aliphatic carbocycles. The second kappa shape index (κ2) is 5.76. The zero-order valence-electron chi connectivity index (χ0n) is 10.7. The first kappa shape index (κ1) is 13.4. The third-order valence-corrected chi connectivity index (χ3v) is 3.11. The van der Waals surface area contributed by atoms with E-state index in [4.69, 9.17) is 16.3 Å². The molecule has 0 aliphatic heterocycles. The number of carbonyl (C=O) groups is 1. The Morgan fingerprint density at radius 1 is 1.16 bits per heavy atom. The van der Waals surface area contributed by atoms with Gasteiger partial charge in [0, 0.05) is 5.56 Å². The fourth-order valence-electron chi connectivity index (χ4n) is 1.83. The lowest BCUT2D eigenvalue weighted by Gasteiger charge is -2.12. The molecule has 0 aliphatic rings. The summed E-state index contributed by atoms with van der Waals surface area (Å²) in [5.41, 5.74) is 2.11. The Hall–Kier alpha value is -2.00. The third-order valence-electron chi connectivity index (χ3n) is 2.81. The highest BCUT2D eigenvalue weighted by Crippen LogP contribution is 2.32. The van der Waals surface area contributed by atoms with Crippen LogP contribution in [0.3, 0.4) is 0 Å². The van der Waals surface area contributed by atoms with Gasteiger partial charge in [-0.2, -0.15) is 0 Å². The van der Waals surface area contributed by atoms with Crippen molar-refractivity contribution in [2.75, 3.05) is 12.4 Å². The van der Waals surface area contributed by atoms with Crippen LogP contribution in [0.5, 0.6) is 5.75 Å². The van der Waals surface area contributed by atoms with Gasteiger partial charge in [0.1, 0.15) is 0 Å². The molecule has 4 heteroatoms. The molecule has 0 radical (unpaired) electrons. The number of anilines is 1. The predicted molar refractivity (Wildman–Crippen MR) is 77.1 cm³/mol. The van der Waals surface area contributed by atoms with Crippen LogP contribution < -0.4 is 10.1 Å². The minimum atomic E-state index is -0.182. The zero-order chi connectivity index (χ0) is 13.8.